The van der Waals surface area contributed by atoms with E-state index in [1.807, 2.05) is 19.2 Å². The molecule has 2 aromatic rings. The van der Waals surface area contributed by atoms with Crippen molar-refractivity contribution in [3.63, 3.8) is 0 Å². The van der Waals surface area contributed by atoms with Gasteiger partial charge in [-0.05, 0) is 55.8 Å². The molecule has 0 radical (unpaired) electrons. The Balaban J connectivity index is 1.93. The van der Waals surface area contributed by atoms with Gasteiger partial charge in [-0.2, -0.15) is 0 Å². The minimum Gasteiger partial charge on any atom is -0.393 e. The van der Waals surface area contributed by atoms with E-state index in [4.69, 9.17) is 0 Å². The first-order valence-electron chi connectivity index (χ1n) is 6.81. The first-order valence-corrected chi connectivity index (χ1v) is 7.69. The number of aromatic nitrogens is 1. The predicted molar refractivity (Wildman–Crippen MR) is 81.5 cm³/mol. The molecule has 2 aromatic heterocycles. The van der Waals surface area contributed by atoms with E-state index in [2.05, 4.69) is 35.6 Å². The molecular formula is C15H22N2OS. The number of thiophene rings is 1. The summed E-state index contributed by atoms with van der Waals surface area (Å²) in [7, 11) is 0. The van der Waals surface area contributed by atoms with E-state index in [9.17, 15) is 5.11 Å². The van der Waals surface area contributed by atoms with Crippen LogP contribution in [0.5, 0.6) is 0 Å². The van der Waals surface area contributed by atoms with Crippen LogP contribution in [-0.4, -0.2) is 22.7 Å². The van der Waals surface area contributed by atoms with E-state index >= 15 is 0 Å². The lowest BCUT2D eigenvalue weighted by atomic mass is 10.0. The van der Waals surface area contributed by atoms with Crippen molar-refractivity contribution < 1.29 is 5.11 Å². The maximum atomic E-state index is 9.36. The standard InChI is InChI=1S/C15H22N2OS/c1-10(6-11(2)18)8-16-12(3)13-7-15-14(17-9-13)4-5-19-15/h4-5,7,9-12,16,18H,6,8H2,1-3H3. The first kappa shape index (κ1) is 14.4. The van der Waals surface area contributed by atoms with Gasteiger partial charge in [0.15, 0.2) is 0 Å². The van der Waals surface area contributed by atoms with E-state index < -0.39 is 0 Å². The van der Waals surface area contributed by atoms with Gasteiger partial charge in [0.25, 0.3) is 0 Å². The average molecular weight is 278 g/mol. The maximum absolute atomic E-state index is 9.36. The molecule has 3 atom stereocenters. The lowest BCUT2D eigenvalue weighted by Gasteiger charge is -2.18. The lowest BCUT2D eigenvalue weighted by Crippen LogP contribution is -2.26. The summed E-state index contributed by atoms with van der Waals surface area (Å²) in [6, 6.07) is 4.55. The molecule has 0 fully saturated rings. The molecule has 2 rings (SSSR count). The van der Waals surface area contributed by atoms with Crippen molar-refractivity contribution in [1.29, 1.82) is 0 Å². The van der Waals surface area contributed by atoms with Crippen LogP contribution >= 0.6 is 11.3 Å². The van der Waals surface area contributed by atoms with Gasteiger partial charge in [0, 0.05) is 12.2 Å². The third kappa shape index (κ3) is 4.00. The van der Waals surface area contributed by atoms with Crippen molar-refractivity contribution in [3.05, 3.63) is 29.3 Å². The number of rotatable bonds is 6. The Labute approximate surface area is 118 Å². The summed E-state index contributed by atoms with van der Waals surface area (Å²) in [5, 5.41) is 15.0. The fraction of sp³-hybridized carbons (Fsp3) is 0.533. The zero-order chi connectivity index (χ0) is 13.8. The quantitative estimate of drug-likeness (QED) is 0.851. The second-order valence-corrected chi connectivity index (χ2v) is 6.34. The number of pyridine rings is 1. The third-order valence-electron chi connectivity index (χ3n) is 3.34. The monoisotopic (exact) mass is 278 g/mol. The smallest absolute Gasteiger partial charge is 0.0809 e. The van der Waals surface area contributed by atoms with Crippen LogP contribution in [0.1, 0.15) is 38.8 Å². The Morgan fingerprint density at radius 3 is 2.89 bits per heavy atom. The molecule has 3 nitrogen and oxygen atoms in total. The van der Waals surface area contributed by atoms with Crippen LogP contribution < -0.4 is 5.32 Å². The molecule has 0 saturated carbocycles. The zero-order valence-electron chi connectivity index (χ0n) is 11.8. The predicted octanol–water partition coefficient (Wildman–Crippen LogP) is 3.35. The molecule has 2 heterocycles. The van der Waals surface area contributed by atoms with Gasteiger partial charge in [-0.1, -0.05) is 6.92 Å². The Bertz CT molecular complexity index is 524. The Hall–Kier alpha value is -0.970. The Morgan fingerprint density at radius 2 is 2.16 bits per heavy atom. The van der Waals surface area contributed by atoms with E-state index in [-0.39, 0.29) is 12.1 Å². The molecular weight excluding hydrogens is 256 g/mol. The van der Waals surface area contributed by atoms with Crippen LogP contribution in [0.2, 0.25) is 0 Å². The third-order valence-corrected chi connectivity index (χ3v) is 4.19. The van der Waals surface area contributed by atoms with E-state index in [0.29, 0.717) is 5.92 Å². The minimum absolute atomic E-state index is 0.226. The van der Waals surface area contributed by atoms with Gasteiger partial charge in [0.2, 0.25) is 0 Å². The highest BCUT2D eigenvalue weighted by molar-refractivity contribution is 7.17. The molecule has 0 aliphatic heterocycles. The largest absolute Gasteiger partial charge is 0.393 e. The number of aliphatic hydroxyl groups excluding tert-OH is 1. The molecule has 0 saturated heterocycles. The molecule has 0 aromatic carbocycles. The highest BCUT2D eigenvalue weighted by Gasteiger charge is 2.10. The van der Waals surface area contributed by atoms with Gasteiger partial charge in [0.05, 0.1) is 16.3 Å². The number of nitrogens with zero attached hydrogens (tertiary/aromatic N) is 1. The molecule has 0 spiro atoms. The Kier molecular flexibility index (Phi) is 4.91. The van der Waals surface area contributed by atoms with Crippen molar-refractivity contribution in [2.75, 3.05) is 6.54 Å². The van der Waals surface area contributed by atoms with Crippen LogP contribution in [0.25, 0.3) is 10.2 Å². The van der Waals surface area contributed by atoms with Crippen LogP contribution in [0.4, 0.5) is 0 Å². The van der Waals surface area contributed by atoms with Crippen molar-refractivity contribution in [1.82, 2.24) is 10.3 Å². The molecule has 0 bridgehead atoms. The Morgan fingerprint density at radius 1 is 1.37 bits per heavy atom. The van der Waals surface area contributed by atoms with Crippen molar-refractivity contribution in [2.45, 2.75) is 39.3 Å². The van der Waals surface area contributed by atoms with Crippen molar-refractivity contribution in [2.24, 2.45) is 5.92 Å². The zero-order valence-corrected chi connectivity index (χ0v) is 12.6. The van der Waals surface area contributed by atoms with Gasteiger partial charge in [-0.25, -0.2) is 0 Å². The lowest BCUT2D eigenvalue weighted by molar-refractivity contribution is 0.162. The maximum Gasteiger partial charge on any atom is 0.0809 e. The summed E-state index contributed by atoms with van der Waals surface area (Å²) in [6.07, 6.45) is 2.56. The molecule has 4 heteroatoms. The number of hydrogen-bond acceptors (Lipinski definition) is 4. The van der Waals surface area contributed by atoms with Crippen molar-refractivity contribution in [3.8, 4) is 0 Å². The minimum atomic E-state index is -0.226. The number of hydrogen-bond donors (Lipinski definition) is 2. The highest BCUT2D eigenvalue weighted by atomic mass is 32.1. The van der Waals surface area contributed by atoms with E-state index in [1.54, 1.807) is 11.3 Å². The second-order valence-electron chi connectivity index (χ2n) is 5.39. The van der Waals surface area contributed by atoms with Gasteiger partial charge >= 0.3 is 0 Å². The van der Waals surface area contributed by atoms with Crippen LogP contribution in [0, 0.1) is 5.92 Å². The first-order chi connectivity index (χ1) is 9.06. The molecule has 3 unspecified atom stereocenters. The van der Waals surface area contributed by atoms with E-state index in [0.717, 1.165) is 18.5 Å². The summed E-state index contributed by atoms with van der Waals surface area (Å²) in [6.45, 7) is 7.07. The SMILES string of the molecule is CC(O)CC(C)CNC(C)c1cnc2ccsc2c1. The fourth-order valence-electron chi connectivity index (χ4n) is 2.26. The van der Waals surface area contributed by atoms with Gasteiger partial charge in [-0.3, -0.25) is 4.98 Å². The fourth-order valence-corrected chi connectivity index (χ4v) is 3.05. The normalized spacial score (nSPS) is 16.4. The molecule has 19 heavy (non-hydrogen) atoms. The van der Waals surface area contributed by atoms with Crippen LogP contribution in [0.15, 0.2) is 23.7 Å². The summed E-state index contributed by atoms with van der Waals surface area (Å²) < 4.78 is 1.24. The summed E-state index contributed by atoms with van der Waals surface area (Å²) in [5.41, 5.74) is 2.29. The summed E-state index contributed by atoms with van der Waals surface area (Å²) in [4.78, 5) is 4.47. The molecule has 0 aliphatic carbocycles. The second kappa shape index (κ2) is 6.46. The van der Waals surface area contributed by atoms with Crippen molar-refractivity contribution >= 4 is 21.6 Å². The number of nitrogens with one attached hydrogen (secondary N) is 1. The summed E-state index contributed by atoms with van der Waals surface area (Å²) >= 11 is 1.73. The average Bonchev–Trinajstić information content (AvgIpc) is 2.82. The van der Waals surface area contributed by atoms with Crippen LogP contribution in [-0.2, 0) is 0 Å². The number of aliphatic hydroxyl groups is 1. The van der Waals surface area contributed by atoms with Gasteiger partial charge in [0.1, 0.15) is 0 Å². The van der Waals surface area contributed by atoms with Crippen LogP contribution in [0.3, 0.4) is 0 Å². The molecule has 104 valence electrons. The highest BCUT2D eigenvalue weighted by Crippen LogP contribution is 2.22. The topological polar surface area (TPSA) is 45.1 Å². The van der Waals surface area contributed by atoms with E-state index in [1.165, 1.54) is 10.3 Å². The van der Waals surface area contributed by atoms with Gasteiger partial charge in [-0.15, -0.1) is 11.3 Å². The summed E-state index contributed by atoms with van der Waals surface area (Å²) in [5.74, 6) is 0.473. The van der Waals surface area contributed by atoms with Gasteiger partial charge < -0.3 is 10.4 Å². The molecule has 0 amide bonds. The number of fused-ring (bicyclic) bond motifs is 1. The molecule has 2 N–H and O–H groups in total. The molecule has 0 aliphatic rings.